The first-order chi connectivity index (χ1) is 13.8. The van der Waals surface area contributed by atoms with Gasteiger partial charge in [-0.1, -0.05) is 29.8 Å². The molecule has 1 aliphatic rings. The first-order valence-corrected chi connectivity index (χ1v) is 12.2. The van der Waals surface area contributed by atoms with Crippen LogP contribution in [-0.4, -0.2) is 32.1 Å². The summed E-state index contributed by atoms with van der Waals surface area (Å²) in [5.41, 5.74) is 4.73. The van der Waals surface area contributed by atoms with Crippen molar-refractivity contribution < 1.29 is 13.2 Å². The number of hydrogen-bond donors (Lipinski definition) is 0. The van der Waals surface area contributed by atoms with Gasteiger partial charge in [-0.2, -0.15) is 0 Å². The van der Waals surface area contributed by atoms with E-state index in [1.54, 1.807) is 23.1 Å². The van der Waals surface area contributed by atoms with Crippen LogP contribution in [0.4, 0.5) is 5.69 Å². The van der Waals surface area contributed by atoms with Crippen molar-refractivity contribution in [2.75, 3.05) is 17.7 Å². The molecule has 1 amide bonds. The van der Waals surface area contributed by atoms with Crippen LogP contribution in [0, 0.1) is 6.92 Å². The number of benzene rings is 2. The molecule has 0 radical (unpaired) electrons. The molecule has 1 aromatic heterocycles. The van der Waals surface area contributed by atoms with E-state index in [2.05, 4.69) is 17.1 Å². The van der Waals surface area contributed by atoms with Crippen LogP contribution >= 0.6 is 11.3 Å². The number of amides is 1. The lowest BCUT2D eigenvalue weighted by Crippen LogP contribution is -2.36. The summed E-state index contributed by atoms with van der Waals surface area (Å²) in [7, 11) is -3.26. The molecule has 150 valence electrons. The number of aromatic nitrogens is 1. The standard InChI is InChI=1S/C22H22N2O3S2/c1-15-5-7-16(8-6-15)22-23-18(14-28-22)13-21(25)24-11-3-4-17-12-19(29(2,26)27)9-10-20(17)24/h5-10,12,14H,3-4,11,13H2,1-2H3. The van der Waals surface area contributed by atoms with E-state index in [-0.39, 0.29) is 12.3 Å². The lowest BCUT2D eigenvalue weighted by molar-refractivity contribution is -0.118. The third-order valence-electron chi connectivity index (χ3n) is 5.08. The molecule has 0 aliphatic carbocycles. The Morgan fingerprint density at radius 3 is 2.66 bits per heavy atom. The Bertz CT molecular complexity index is 1170. The van der Waals surface area contributed by atoms with Crippen LogP contribution in [0.1, 0.15) is 23.2 Å². The maximum atomic E-state index is 13.0. The molecule has 5 nitrogen and oxygen atoms in total. The maximum Gasteiger partial charge on any atom is 0.233 e. The molecule has 0 fully saturated rings. The van der Waals surface area contributed by atoms with Crippen molar-refractivity contribution in [2.24, 2.45) is 0 Å². The van der Waals surface area contributed by atoms with Gasteiger partial charge in [-0.3, -0.25) is 4.79 Å². The molecule has 1 aliphatic heterocycles. The van der Waals surface area contributed by atoms with Gasteiger partial charge in [-0.25, -0.2) is 13.4 Å². The number of thiazole rings is 1. The van der Waals surface area contributed by atoms with Crippen molar-refractivity contribution in [3.05, 3.63) is 64.7 Å². The molecule has 0 saturated carbocycles. The first kappa shape index (κ1) is 19.8. The molecule has 4 rings (SSSR count). The largest absolute Gasteiger partial charge is 0.312 e. The van der Waals surface area contributed by atoms with Gasteiger partial charge in [0.25, 0.3) is 0 Å². The summed E-state index contributed by atoms with van der Waals surface area (Å²) in [4.78, 5) is 19.7. The van der Waals surface area contributed by atoms with Crippen molar-refractivity contribution >= 4 is 32.8 Å². The van der Waals surface area contributed by atoms with Gasteiger partial charge in [0.1, 0.15) is 5.01 Å². The SMILES string of the molecule is Cc1ccc(-c2nc(CC(=O)N3CCCc4cc(S(C)(=O)=O)ccc43)cs2)cc1. The van der Waals surface area contributed by atoms with Gasteiger partial charge in [0.2, 0.25) is 5.91 Å². The molecule has 3 aromatic rings. The quantitative estimate of drug-likeness (QED) is 0.631. The van der Waals surface area contributed by atoms with Crippen LogP contribution in [0.25, 0.3) is 10.6 Å². The third kappa shape index (κ3) is 4.26. The number of nitrogens with zero attached hydrogens (tertiary/aromatic N) is 2. The summed E-state index contributed by atoms with van der Waals surface area (Å²) >= 11 is 1.54. The van der Waals surface area contributed by atoms with E-state index >= 15 is 0 Å². The Hall–Kier alpha value is -2.51. The van der Waals surface area contributed by atoms with Crippen LogP contribution in [0.3, 0.4) is 0 Å². The summed E-state index contributed by atoms with van der Waals surface area (Å²) in [6, 6.07) is 13.2. The molecule has 2 aromatic carbocycles. The Labute approximate surface area is 175 Å². The number of sulfone groups is 1. The summed E-state index contributed by atoms with van der Waals surface area (Å²) in [6.45, 7) is 2.68. The fourth-order valence-corrected chi connectivity index (χ4v) is 5.03. The predicted octanol–water partition coefficient (Wildman–Crippen LogP) is 4.04. The zero-order chi connectivity index (χ0) is 20.6. The Balaban J connectivity index is 1.54. The molecule has 0 N–H and O–H groups in total. The molecule has 7 heteroatoms. The molecular formula is C22H22N2O3S2. The number of fused-ring (bicyclic) bond motifs is 1. The van der Waals surface area contributed by atoms with Gasteiger partial charge in [0, 0.05) is 29.4 Å². The number of aryl methyl sites for hydroxylation is 2. The van der Waals surface area contributed by atoms with E-state index in [0.717, 1.165) is 40.4 Å². The molecule has 0 spiro atoms. The second-order valence-electron chi connectivity index (χ2n) is 7.40. The van der Waals surface area contributed by atoms with Crippen LogP contribution in [0.5, 0.6) is 0 Å². The minimum absolute atomic E-state index is 0.0150. The molecule has 0 unspecified atom stereocenters. The highest BCUT2D eigenvalue weighted by Crippen LogP contribution is 2.30. The summed E-state index contributed by atoms with van der Waals surface area (Å²) < 4.78 is 23.7. The fourth-order valence-electron chi connectivity index (χ4n) is 3.53. The normalized spacial score (nSPS) is 13.9. The lowest BCUT2D eigenvalue weighted by Gasteiger charge is -2.29. The second kappa shape index (κ2) is 7.72. The van der Waals surface area contributed by atoms with Gasteiger partial charge in [-0.15, -0.1) is 11.3 Å². The summed E-state index contributed by atoms with van der Waals surface area (Å²) in [6.07, 6.45) is 3.03. The van der Waals surface area contributed by atoms with Crippen molar-refractivity contribution in [1.29, 1.82) is 0 Å². The van der Waals surface area contributed by atoms with E-state index in [1.165, 1.54) is 23.2 Å². The van der Waals surface area contributed by atoms with Crippen LogP contribution < -0.4 is 4.90 Å². The van der Waals surface area contributed by atoms with E-state index in [0.29, 0.717) is 11.4 Å². The molecule has 2 heterocycles. The van der Waals surface area contributed by atoms with E-state index in [4.69, 9.17) is 0 Å². The first-order valence-electron chi connectivity index (χ1n) is 9.46. The Kier molecular flexibility index (Phi) is 5.27. The topological polar surface area (TPSA) is 67.3 Å². The summed E-state index contributed by atoms with van der Waals surface area (Å²) in [5, 5.41) is 2.84. The number of carbonyl (C=O) groups is 1. The van der Waals surface area contributed by atoms with E-state index < -0.39 is 9.84 Å². The highest BCUT2D eigenvalue weighted by Gasteiger charge is 2.24. The zero-order valence-corrected chi connectivity index (χ0v) is 18.0. The molecule has 29 heavy (non-hydrogen) atoms. The Morgan fingerprint density at radius 2 is 1.93 bits per heavy atom. The number of rotatable bonds is 4. The average molecular weight is 427 g/mol. The zero-order valence-electron chi connectivity index (χ0n) is 16.4. The fraction of sp³-hybridized carbons (Fsp3) is 0.273. The average Bonchev–Trinajstić information content (AvgIpc) is 3.15. The molecule has 0 saturated heterocycles. The van der Waals surface area contributed by atoms with Gasteiger partial charge in [0.15, 0.2) is 9.84 Å². The van der Waals surface area contributed by atoms with Crippen LogP contribution in [0.15, 0.2) is 52.7 Å². The Morgan fingerprint density at radius 1 is 1.17 bits per heavy atom. The highest BCUT2D eigenvalue weighted by molar-refractivity contribution is 7.90. The minimum atomic E-state index is -3.26. The number of anilines is 1. The van der Waals surface area contributed by atoms with Crippen molar-refractivity contribution in [3.63, 3.8) is 0 Å². The summed E-state index contributed by atoms with van der Waals surface area (Å²) in [5.74, 6) is -0.0150. The van der Waals surface area contributed by atoms with E-state index in [1.807, 2.05) is 24.4 Å². The van der Waals surface area contributed by atoms with Gasteiger partial charge in [-0.05, 0) is 43.5 Å². The highest BCUT2D eigenvalue weighted by atomic mass is 32.2. The number of hydrogen-bond acceptors (Lipinski definition) is 5. The van der Waals surface area contributed by atoms with Gasteiger partial charge < -0.3 is 4.90 Å². The molecule has 0 atom stereocenters. The van der Waals surface area contributed by atoms with E-state index in [9.17, 15) is 13.2 Å². The number of carbonyl (C=O) groups excluding carboxylic acids is 1. The second-order valence-corrected chi connectivity index (χ2v) is 10.3. The molecular weight excluding hydrogens is 404 g/mol. The van der Waals surface area contributed by atoms with Crippen LogP contribution in [0.2, 0.25) is 0 Å². The van der Waals surface area contributed by atoms with Crippen LogP contribution in [-0.2, 0) is 27.5 Å². The monoisotopic (exact) mass is 426 g/mol. The maximum absolute atomic E-state index is 13.0. The van der Waals surface area contributed by atoms with Gasteiger partial charge in [0.05, 0.1) is 17.0 Å². The minimum Gasteiger partial charge on any atom is -0.312 e. The third-order valence-corrected chi connectivity index (χ3v) is 7.13. The van der Waals surface area contributed by atoms with Crippen molar-refractivity contribution in [1.82, 2.24) is 4.98 Å². The lowest BCUT2D eigenvalue weighted by atomic mass is 10.0. The predicted molar refractivity (Wildman–Crippen MR) is 116 cm³/mol. The smallest absolute Gasteiger partial charge is 0.233 e. The molecule has 0 bridgehead atoms. The van der Waals surface area contributed by atoms with Crippen molar-refractivity contribution in [2.45, 2.75) is 31.1 Å². The van der Waals surface area contributed by atoms with Gasteiger partial charge >= 0.3 is 0 Å². The van der Waals surface area contributed by atoms with Crippen molar-refractivity contribution in [3.8, 4) is 10.6 Å².